The summed E-state index contributed by atoms with van der Waals surface area (Å²) in [5.74, 6) is 0.659. The number of nitrogen functional groups attached to an aromatic ring is 1. The van der Waals surface area contributed by atoms with E-state index in [1.165, 1.54) is 0 Å². The molecule has 1 aliphatic heterocycles. The Bertz CT molecular complexity index is 399. The van der Waals surface area contributed by atoms with Crippen LogP contribution in [0.3, 0.4) is 0 Å². The third kappa shape index (κ3) is 4.82. The molecule has 0 amide bonds. The van der Waals surface area contributed by atoms with Gasteiger partial charge in [0, 0.05) is 33.4 Å². The van der Waals surface area contributed by atoms with Crippen molar-refractivity contribution in [1.82, 2.24) is 0 Å². The first-order chi connectivity index (χ1) is 10.7. The Kier molecular flexibility index (Phi) is 8.15. The van der Waals surface area contributed by atoms with Gasteiger partial charge in [-0.2, -0.15) is 0 Å². The van der Waals surface area contributed by atoms with Crippen molar-refractivity contribution in [3.05, 3.63) is 24.3 Å². The van der Waals surface area contributed by atoms with E-state index in [0.717, 1.165) is 7.11 Å². The number of anilines is 1. The van der Waals surface area contributed by atoms with Gasteiger partial charge >= 0.3 is 0 Å². The molecule has 0 spiro atoms. The largest absolute Gasteiger partial charge is 0.465 e. The topological polar surface area (TPSA) is 103 Å². The van der Waals surface area contributed by atoms with Gasteiger partial charge in [-0.25, -0.2) is 0 Å². The number of hydrogen-bond donors (Lipinski definition) is 3. The minimum absolute atomic E-state index is 0.153. The Morgan fingerprint density at radius 2 is 1.82 bits per heavy atom. The second kappa shape index (κ2) is 9.60. The molecular formula is C15H25NO6. The number of aliphatic hydroxyl groups excluding tert-OH is 2. The van der Waals surface area contributed by atoms with Gasteiger partial charge in [-0.15, -0.1) is 0 Å². The summed E-state index contributed by atoms with van der Waals surface area (Å²) < 4.78 is 22.2. The van der Waals surface area contributed by atoms with Gasteiger partial charge < -0.3 is 34.9 Å². The molecule has 0 saturated carbocycles. The Morgan fingerprint density at radius 3 is 2.32 bits per heavy atom. The molecule has 4 atom stereocenters. The molecule has 1 heterocycles. The second-order valence-corrected chi connectivity index (χ2v) is 4.68. The zero-order valence-corrected chi connectivity index (χ0v) is 13.1. The summed E-state index contributed by atoms with van der Waals surface area (Å²) in [4.78, 5) is 0. The molecule has 126 valence electrons. The standard InChI is InChI=1S/C14H21NO5.CH4O/c1-17-11-7-13(20-12(8-16)14(11)18-2)19-10-5-3-9(15)4-6-10;1-2/h3-6,11-14,16H,7-8,15H2,1-2H3;2H,1H3/t11-,12-,13-,14-;/m1./s1. The van der Waals surface area contributed by atoms with Gasteiger partial charge in [0.2, 0.25) is 6.29 Å². The van der Waals surface area contributed by atoms with Crippen LogP contribution >= 0.6 is 0 Å². The van der Waals surface area contributed by atoms with Crippen LogP contribution < -0.4 is 10.5 Å². The molecule has 7 heteroatoms. The molecule has 0 aliphatic carbocycles. The lowest BCUT2D eigenvalue weighted by Crippen LogP contribution is -2.52. The van der Waals surface area contributed by atoms with Crippen molar-refractivity contribution >= 4 is 5.69 Å². The second-order valence-electron chi connectivity index (χ2n) is 4.68. The van der Waals surface area contributed by atoms with E-state index >= 15 is 0 Å². The van der Waals surface area contributed by atoms with Gasteiger partial charge in [0.25, 0.3) is 0 Å². The number of aliphatic hydroxyl groups is 2. The van der Waals surface area contributed by atoms with E-state index in [2.05, 4.69) is 0 Å². The Labute approximate surface area is 130 Å². The Hall–Kier alpha value is -1.38. The molecule has 2 rings (SSSR count). The number of ether oxygens (including phenoxy) is 4. The molecule has 1 aliphatic rings. The van der Waals surface area contributed by atoms with Crippen LogP contribution in [0.25, 0.3) is 0 Å². The molecule has 0 unspecified atom stereocenters. The van der Waals surface area contributed by atoms with Crippen LogP contribution in [0.15, 0.2) is 24.3 Å². The van der Waals surface area contributed by atoms with E-state index in [9.17, 15) is 5.11 Å². The molecule has 4 N–H and O–H groups in total. The Balaban J connectivity index is 0.00000116. The third-order valence-electron chi connectivity index (χ3n) is 3.39. The molecule has 1 saturated heterocycles. The van der Waals surface area contributed by atoms with E-state index in [0.29, 0.717) is 17.9 Å². The van der Waals surface area contributed by atoms with Gasteiger partial charge in [0.15, 0.2) is 0 Å². The number of rotatable bonds is 5. The summed E-state index contributed by atoms with van der Waals surface area (Å²) >= 11 is 0. The first kappa shape index (κ1) is 18.7. The fourth-order valence-corrected chi connectivity index (χ4v) is 2.35. The monoisotopic (exact) mass is 315 g/mol. The molecule has 7 nitrogen and oxygen atoms in total. The van der Waals surface area contributed by atoms with Crippen molar-refractivity contribution < 1.29 is 29.2 Å². The quantitative estimate of drug-likeness (QED) is 0.675. The van der Waals surface area contributed by atoms with Crippen LogP contribution in [-0.2, 0) is 14.2 Å². The first-order valence-electron chi connectivity index (χ1n) is 6.96. The smallest absolute Gasteiger partial charge is 0.202 e. The minimum atomic E-state index is -0.493. The predicted molar refractivity (Wildman–Crippen MR) is 81.6 cm³/mol. The van der Waals surface area contributed by atoms with Crippen molar-refractivity contribution in [2.45, 2.75) is 31.0 Å². The normalized spacial score (nSPS) is 27.7. The molecule has 0 radical (unpaired) electrons. The van der Waals surface area contributed by atoms with Crippen molar-refractivity contribution in [2.75, 3.05) is 33.7 Å². The maximum atomic E-state index is 9.39. The maximum Gasteiger partial charge on any atom is 0.202 e. The third-order valence-corrected chi connectivity index (χ3v) is 3.39. The molecule has 22 heavy (non-hydrogen) atoms. The lowest BCUT2D eigenvalue weighted by molar-refractivity contribution is -0.240. The Morgan fingerprint density at radius 1 is 1.18 bits per heavy atom. The number of benzene rings is 1. The summed E-state index contributed by atoms with van der Waals surface area (Å²) in [5, 5.41) is 16.4. The van der Waals surface area contributed by atoms with Gasteiger partial charge in [-0.1, -0.05) is 0 Å². The van der Waals surface area contributed by atoms with Crippen molar-refractivity contribution in [3.8, 4) is 5.75 Å². The van der Waals surface area contributed by atoms with Crippen LogP contribution in [-0.4, -0.2) is 62.8 Å². The zero-order chi connectivity index (χ0) is 16.5. The van der Waals surface area contributed by atoms with E-state index < -0.39 is 12.4 Å². The van der Waals surface area contributed by atoms with Crippen LogP contribution in [0.2, 0.25) is 0 Å². The van der Waals surface area contributed by atoms with Gasteiger partial charge in [0.05, 0.1) is 12.7 Å². The fourth-order valence-electron chi connectivity index (χ4n) is 2.35. The number of nitrogens with two attached hydrogens (primary N) is 1. The highest BCUT2D eigenvalue weighted by Gasteiger charge is 2.39. The van der Waals surface area contributed by atoms with Crippen LogP contribution in [0.5, 0.6) is 5.75 Å². The van der Waals surface area contributed by atoms with Crippen LogP contribution in [0.4, 0.5) is 5.69 Å². The van der Waals surface area contributed by atoms with E-state index in [1.807, 2.05) is 0 Å². The lowest BCUT2D eigenvalue weighted by Gasteiger charge is -2.39. The maximum absolute atomic E-state index is 9.39. The minimum Gasteiger partial charge on any atom is -0.465 e. The highest BCUT2D eigenvalue weighted by Crippen LogP contribution is 2.26. The van der Waals surface area contributed by atoms with Crippen LogP contribution in [0, 0.1) is 0 Å². The van der Waals surface area contributed by atoms with Crippen molar-refractivity contribution in [1.29, 1.82) is 0 Å². The highest BCUT2D eigenvalue weighted by molar-refractivity contribution is 5.41. The summed E-state index contributed by atoms with van der Waals surface area (Å²) in [5.41, 5.74) is 6.30. The number of methoxy groups -OCH3 is 2. The van der Waals surface area contributed by atoms with Gasteiger partial charge in [-0.3, -0.25) is 0 Å². The average molecular weight is 315 g/mol. The first-order valence-corrected chi connectivity index (χ1v) is 6.96. The van der Waals surface area contributed by atoms with Gasteiger partial charge in [0.1, 0.15) is 18.0 Å². The van der Waals surface area contributed by atoms with E-state index in [-0.39, 0.29) is 18.8 Å². The molecular weight excluding hydrogens is 290 g/mol. The van der Waals surface area contributed by atoms with Crippen LogP contribution in [0.1, 0.15) is 6.42 Å². The van der Waals surface area contributed by atoms with E-state index in [4.69, 9.17) is 29.8 Å². The number of hydrogen-bond acceptors (Lipinski definition) is 7. The highest BCUT2D eigenvalue weighted by atomic mass is 16.7. The average Bonchev–Trinajstić information content (AvgIpc) is 2.57. The predicted octanol–water partition coefficient (Wildman–Crippen LogP) is 0.393. The summed E-state index contributed by atoms with van der Waals surface area (Å²) in [6.45, 7) is -0.153. The fraction of sp³-hybridized carbons (Fsp3) is 0.600. The van der Waals surface area contributed by atoms with Gasteiger partial charge in [-0.05, 0) is 24.3 Å². The summed E-state index contributed by atoms with van der Waals surface area (Å²) in [6.07, 6.45) is -0.943. The SMILES string of the molecule is CO.CO[C@@H]1[C@H](OC)C[C@H](Oc2ccc(N)cc2)O[C@@H]1CO. The van der Waals surface area contributed by atoms with Crippen molar-refractivity contribution in [2.24, 2.45) is 0 Å². The summed E-state index contributed by atoms with van der Waals surface area (Å²) in [6, 6.07) is 7.06. The zero-order valence-electron chi connectivity index (χ0n) is 13.1. The molecule has 0 aromatic heterocycles. The molecule has 0 bridgehead atoms. The molecule has 1 aromatic carbocycles. The lowest BCUT2D eigenvalue weighted by atomic mass is 10.0. The molecule has 1 fully saturated rings. The van der Waals surface area contributed by atoms with E-state index in [1.54, 1.807) is 38.5 Å². The van der Waals surface area contributed by atoms with Crippen molar-refractivity contribution in [3.63, 3.8) is 0 Å². The summed E-state index contributed by atoms with van der Waals surface area (Å²) in [7, 11) is 4.18. The molecule has 1 aromatic rings.